The molecule has 11 nitrogen and oxygen atoms in total. The summed E-state index contributed by atoms with van der Waals surface area (Å²) < 4.78 is 40.1. The third kappa shape index (κ3) is 7.77. The van der Waals surface area contributed by atoms with Gasteiger partial charge in [-0.3, -0.25) is 9.69 Å². The summed E-state index contributed by atoms with van der Waals surface area (Å²) in [6.45, 7) is 7.20. The summed E-state index contributed by atoms with van der Waals surface area (Å²) in [5.41, 5.74) is -1.06. The van der Waals surface area contributed by atoms with Crippen molar-refractivity contribution in [3.8, 4) is 0 Å². The van der Waals surface area contributed by atoms with Gasteiger partial charge in [0.1, 0.15) is 17.3 Å². The summed E-state index contributed by atoms with van der Waals surface area (Å²) in [7, 11) is 1.92. The Labute approximate surface area is 244 Å². The number of hydrogen-bond acceptors (Lipinski definition) is 10. The second-order valence-corrected chi connectivity index (χ2v) is 11.3. The highest BCUT2D eigenvalue weighted by atomic mass is 19.4. The summed E-state index contributed by atoms with van der Waals surface area (Å²) in [5, 5.41) is 6.66. The SMILES string of the molecule is CN(CCNc1cc(N2CCCC2)nc(N2CCCC2)n1)CCN(C(=O)C1CCNCC1)c1nccc(C(F)(F)F)n1. The van der Waals surface area contributed by atoms with Gasteiger partial charge in [-0.25, -0.2) is 9.97 Å². The van der Waals surface area contributed by atoms with Crippen LogP contribution in [0.25, 0.3) is 0 Å². The fourth-order valence-electron chi connectivity index (χ4n) is 5.67. The molecule has 0 aromatic carbocycles. The van der Waals surface area contributed by atoms with Gasteiger partial charge in [-0.15, -0.1) is 0 Å². The first-order valence-electron chi connectivity index (χ1n) is 15.0. The van der Waals surface area contributed by atoms with Crippen LogP contribution in [-0.2, 0) is 11.0 Å². The summed E-state index contributed by atoms with van der Waals surface area (Å²) in [6, 6.07) is 2.83. The summed E-state index contributed by atoms with van der Waals surface area (Å²) in [6.07, 6.45) is 2.33. The Morgan fingerprint density at radius 2 is 1.69 bits per heavy atom. The molecule has 5 heterocycles. The first-order valence-corrected chi connectivity index (χ1v) is 15.0. The first kappa shape index (κ1) is 30.2. The number of hydrogen-bond donors (Lipinski definition) is 2. The monoisotopic (exact) mass is 590 g/mol. The standard InChI is InChI=1S/C28H41F3N10O/c1-38(17-12-33-23-20-24(39-13-2-3-14-39)37-27(36-23)40-15-4-5-16-40)18-19-41(25(42)21-6-9-32-10-7-21)26-34-11-8-22(35-26)28(29,30)31/h8,11,20-21,32H,2-7,9-10,12-19H2,1H3,(H,33,36,37). The van der Waals surface area contributed by atoms with Crippen LogP contribution in [-0.4, -0.2) is 103 Å². The molecule has 1 amide bonds. The number of alkyl halides is 3. The molecule has 0 saturated carbocycles. The number of amides is 1. The van der Waals surface area contributed by atoms with Crippen LogP contribution in [0.3, 0.4) is 0 Å². The second-order valence-electron chi connectivity index (χ2n) is 11.3. The van der Waals surface area contributed by atoms with E-state index in [1.54, 1.807) is 0 Å². The average Bonchev–Trinajstić information content (AvgIpc) is 3.73. The smallest absolute Gasteiger partial charge is 0.369 e. The number of anilines is 4. The van der Waals surface area contributed by atoms with Crippen molar-refractivity contribution in [2.24, 2.45) is 5.92 Å². The zero-order chi connectivity index (χ0) is 29.5. The van der Waals surface area contributed by atoms with Crippen molar-refractivity contribution in [2.75, 3.05) is 92.5 Å². The average molecular weight is 591 g/mol. The van der Waals surface area contributed by atoms with Gasteiger partial charge in [0, 0.05) is 70.5 Å². The first-order chi connectivity index (χ1) is 20.3. The molecule has 0 bridgehead atoms. The molecule has 5 rings (SSSR count). The van der Waals surface area contributed by atoms with E-state index in [-0.39, 0.29) is 24.3 Å². The Hall–Kier alpha value is -3.26. The Balaban J connectivity index is 1.21. The van der Waals surface area contributed by atoms with E-state index in [1.165, 1.54) is 17.7 Å². The molecular formula is C28H41F3N10O. The second kappa shape index (κ2) is 13.8. The van der Waals surface area contributed by atoms with E-state index in [0.717, 1.165) is 68.9 Å². The van der Waals surface area contributed by atoms with Gasteiger partial charge in [0.25, 0.3) is 0 Å². The minimum atomic E-state index is -4.62. The van der Waals surface area contributed by atoms with E-state index in [1.807, 2.05) is 18.0 Å². The summed E-state index contributed by atoms with van der Waals surface area (Å²) >= 11 is 0. The number of nitrogens with one attached hydrogen (secondary N) is 2. The van der Waals surface area contributed by atoms with Crippen LogP contribution in [0.4, 0.5) is 36.7 Å². The number of likely N-dealkylation sites (N-methyl/N-ethyl adjacent to an activating group) is 1. The topological polar surface area (TPSA) is 106 Å². The molecule has 3 fully saturated rings. The molecule has 230 valence electrons. The Bertz CT molecular complexity index is 1150. The van der Waals surface area contributed by atoms with E-state index >= 15 is 0 Å². The molecule has 0 atom stereocenters. The quantitative estimate of drug-likeness (QED) is 0.406. The van der Waals surface area contributed by atoms with Crippen molar-refractivity contribution in [1.82, 2.24) is 30.2 Å². The van der Waals surface area contributed by atoms with Crippen LogP contribution in [0.1, 0.15) is 44.2 Å². The lowest BCUT2D eigenvalue weighted by atomic mass is 9.96. The third-order valence-electron chi connectivity index (χ3n) is 8.15. The molecule has 2 N–H and O–H groups in total. The number of halogens is 3. The maximum atomic E-state index is 13.4. The largest absolute Gasteiger partial charge is 0.433 e. The summed E-state index contributed by atoms with van der Waals surface area (Å²) in [5.74, 6) is 1.79. The molecule has 42 heavy (non-hydrogen) atoms. The van der Waals surface area contributed by atoms with Gasteiger partial charge in [0.05, 0.1) is 0 Å². The van der Waals surface area contributed by atoms with Crippen LogP contribution < -0.4 is 25.3 Å². The van der Waals surface area contributed by atoms with Crippen LogP contribution >= 0.6 is 0 Å². The minimum Gasteiger partial charge on any atom is -0.369 e. The molecule has 2 aromatic heterocycles. The Morgan fingerprint density at radius 1 is 1.00 bits per heavy atom. The van der Waals surface area contributed by atoms with Gasteiger partial charge in [0.15, 0.2) is 0 Å². The van der Waals surface area contributed by atoms with Gasteiger partial charge >= 0.3 is 6.18 Å². The highest BCUT2D eigenvalue weighted by Crippen LogP contribution is 2.29. The molecule has 3 aliphatic rings. The third-order valence-corrected chi connectivity index (χ3v) is 8.15. The Morgan fingerprint density at radius 3 is 2.38 bits per heavy atom. The summed E-state index contributed by atoms with van der Waals surface area (Å²) in [4.78, 5) is 38.8. The molecule has 0 spiro atoms. The zero-order valence-electron chi connectivity index (χ0n) is 24.2. The molecular weight excluding hydrogens is 549 g/mol. The fourth-order valence-corrected chi connectivity index (χ4v) is 5.67. The van der Waals surface area contributed by atoms with E-state index in [0.29, 0.717) is 45.6 Å². The van der Waals surface area contributed by atoms with Crippen molar-refractivity contribution in [3.05, 3.63) is 24.0 Å². The number of carbonyl (C=O) groups excluding carboxylic acids is 1. The number of aromatic nitrogens is 4. The maximum Gasteiger partial charge on any atom is 0.433 e. The van der Waals surface area contributed by atoms with Crippen molar-refractivity contribution in [1.29, 1.82) is 0 Å². The van der Waals surface area contributed by atoms with E-state index in [4.69, 9.17) is 9.97 Å². The molecule has 3 saturated heterocycles. The molecule has 0 radical (unpaired) electrons. The normalized spacial score (nSPS) is 18.2. The van der Waals surface area contributed by atoms with Crippen molar-refractivity contribution in [2.45, 2.75) is 44.7 Å². The highest BCUT2D eigenvalue weighted by Gasteiger charge is 2.35. The number of rotatable bonds is 11. The molecule has 14 heteroatoms. The zero-order valence-corrected chi connectivity index (χ0v) is 24.2. The van der Waals surface area contributed by atoms with Gasteiger partial charge in [-0.05, 0) is 64.7 Å². The van der Waals surface area contributed by atoms with Crippen LogP contribution in [0, 0.1) is 5.92 Å². The van der Waals surface area contributed by atoms with Gasteiger partial charge < -0.3 is 25.3 Å². The Kier molecular flexibility index (Phi) is 9.93. The predicted octanol–water partition coefficient (Wildman–Crippen LogP) is 2.86. The molecule has 0 aliphatic carbocycles. The highest BCUT2D eigenvalue weighted by molar-refractivity contribution is 5.93. The van der Waals surface area contributed by atoms with E-state index in [2.05, 4.69) is 30.4 Å². The molecule has 3 aliphatic heterocycles. The van der Waals surface area contributed by atoms with Crippen molar-refractivity contribution < 1.29 is 18.0 Å². The number of nitrogens with zero attached hydrogens (tertiary/aromatic N) is 8. The maximum absolute atomic E-state index is 13.4. The molecule has 2 aromatic rings. The van der Waals surface area contributed by atoms with Crippen LogP contribution in [0.15, 0.2) is 18.3 Å². The predicted molar refractivity (Wildman–Crippen MR) is 156 cm³/mol. The van der Waals surface area contributed by atoms with Gasteiger partial charge in [-0.1, -0.05) is 0 Å². The number of piperidine rings is 1. The van der Waals surface area contributed by atoms with Gasteiger partial charge in [0.2, 0.25) is 17.8 Å². The van der Waals surface area contributed by atoms with Gasteiger partial charge in [-0.2, -0.15) is 23.1 Å². The lowest BCUT2D eigenvalue weighted by Gasteiger charge is -2.30. The minimum absolute atomic E-state index is 0.187. The lowest BCUT2D eigenvalue weighted by Crippen LogP contribution is -2.45. The lowest BCUT2D eigenvalue weighted by molar-refractivity contribution is -0.141. The van der Waals surface area contributed by atoms with Crippen molar-refractivity contribution in [3.63, 3.8) is 0 Å². The van der Waals surface area contributed by atoms with E-state index in [9.17, 15) is 18.0 Å². The van der Waals surface area contributed by atoms with Crippen LogP contribution in [0.5, 0.6) is 0 Å². The van der Waals surface area contributed by atoms with Crippen LogP contribution in [0.2, 0.25) is 0 Å². The number of carbonyl (C=O) groups is 1. The molecule has 0 unspecified atom stereocenters. The van der Waals surface area contributed by atoms with Crippen molar-refractivity contribution >= 4 is 29.4 Å². The fraction of sp³-hybridized carbons (Fsp3) is 0.679. The van der Waals surface area contributed by atoms with E-state index < -0.39 is 11.9 Å².